The molecule has 3 aromatic rings. The minimum absolute atomic E-state index is 0.00871. The summed E-state index contributed by atoms with van der Waals surface area (Å²) in [6.45, 7) is 4.06. The van der Waals surface area contributed by atoms with E-state index in [1.54, 1.807) is 34.9 Å². The van der Waals surface area contributed by atoms with E-state index < -0.39 is 23.5 Å². The Bertz CT molecular complexity index is 1120. The summed E-state index contributed by atoms with van der Waals surface area (Å²) in [5.74, 6) is -2.22. The molecule has 8 heteroatoms. The zero-order valence-electron chi connectivity index (χ0n) is 15.8. The van der Waals surface area contributed by atoms with Crippen LogP contribution in [0.5, 0.6) is 5.75 Å². The van der Waals surface area contributed by atoms with E-state index in [2.05, 4.69) is 6.58 Å². The average Bonchev–Trinajstić information content (AvgIpc) is 3.07. The molecule has 1 aromatic heterocycles. The summed E-state index contributed by atoms with van der Waals surface area (Å²) in [5.41, 5.74) is 0.315. The molecule has 0 amide bonds. The van der Waals surface area contributed by atoms with Crippen molar-refractivity contribution in [3.05, 3.63) is 78.0 Å². The number of rotatable bonds is 8. The number of fused-ring (bicyclic) bond motifs is 1. The number of Topliss-reactive ketones (excluding diaryl/α,β-unsaturated/α-hetero) is 1. The number of benzene rings is 2. The van der Waals surface area contributed by atoms with E-state index in [-0.39, 0.29) is 25.1 Å². The second kappa shape index (κ2) is 8.44. The first-order valence-electron chi connectivity index (χ1n) is 9.01. The minimum Gasteiger partial charge on any atom is -0.490 e. The zero-order valence-corrected chi connectivity index (χ0v) is 15.8. The largest absolute Gasteiger partial charge is 0.490 e. The molecule has 0 saturated heterocycles. The van der Waals surface area contributed by atoms with Crippen LogP contribution in [-0.4, -0.2) is 28.0 Å². The Morgan fingerprint density at radius 3 is 2.60 bits per heavy atom. The van der Waals surface area contributed by atoms with Crippen molar-refractivity contribution < 1.29 is 32.6 Å². The molecule has 0 aliphatic heterocycles. The van der Waals surface area contributed by atoms with Gasteiger partial charge in [-0.25, -0.2) is 4.79 Å². The lowest BCUT2D eigenvalue weighted by atomic mass is 10.1. The van der Waals surface area contributed by atoms with Crippen LogP contribution in [0.25, 0.3) is 10.9 Å². The fourth-order valence-corrected chi connectivity index (χ4v) is 3.16. The van der Waals surface area contributed by atoms with Gasteiger partial charge in [-0.1, -0.05) is 30.9 Å². The first-order valence-corrected chi connectivity index (χ1v) is 9.01. The predicted molar refractivity (Wildman–Crippen MR) is 105 cm³/mol. The third-order valence-corrected chi connectivity index (χ3v) is 4.55. The second-order valence-corrected chi connectivity index (χ2v) is 6.60. The minimum atomic E-state index is -4.43. The Hall–Kier alpha value is -3.55. The molecule has 0 saturated carbocycles. The van der Waals surface area contributed by atoms with Crippen molar-refractivity contribution in [2.45, 2.75) is 19.1 Å². The number of hydrogen-bond acceptors (Lipinski definition) is 3. The van der Waals surface area contributed by atoms with Gasteiger partial charge in [0.05, 0.1) is 11.1 Å². The van der Waals surface area contributed by atoms with Gasteiger partial charge in [-0.05, 0) is 36.2 Å². The molecule has 156 valence electrons. The molecule has 2 aromatic carbocycles. The maximum atomic E-state index is 12.9. The van der Waals surface area contributed by atoms with E-state index in [0.717, 1.165) is 12.1 Å². The quantitative estimate of drug-likeness (QED) is 0.327. The van der Waals surface area contributed by atoms with Crippen molar-refractivity contribution >= 4 is 22.7 Å². The van der Waals surface area contributed by atoms with Crippen LogP contribution in [0, 0.1) is 0 Å². The number of hydrogen-bond donors (Lipinski definition) is 1. The standard InChI is InChI=1S/C22H18F3NO4/c1-2-10-30-16-6-7-19-17(12-16)18(20(27)21(28)29)13-26(19)9-8-14-4-3-5-15(11-14)22(23,24)25/h2-7,11-13H,1,8-10H2,(H,28,29). The Labute approximate surface area is 170 Å². The summed E-state index contributed by atoms with van der Waals surface area (Å²) in [7, 11) is 0. The van der Waals surface area contributed by atoms with Gasteiger partial charge in [0.15, 0.2) is 0 Å². The third-order valence-electron chi connectivity index (χ3n) is 4.55. The highest BCUT2D eigenvalue weighted by atomic mass is 19.4. The Kier molecular flexibility index (Phi) is 5.96. The van der Waals surface area contributed by atoms with Crippen LogP contribution >= 0.6 is 0 Å². The highest BCUT2D eigenvalue weighted by Crippen LogP contribution is 2.30. The highest BCUT2D eigenvalue weighted by Gasteiger charge is 2.30. The lowest BCUT2D eigenvalue weighted by Gasteiger charge is -2.10. The van der Waals surface area contributed by atoms with Crippen LogP contribution in [0.3, 0.4) is 0 Å². The number of carboxylic acids is 1. The molecule has 0 bridgehead atoms. The van der Waals surface area contributed by atoms with Crippen LogP contribution in [-0.2, 0) is 23.9 Å². The smallest absolute Gasteiger partial charge is 0.416 e. The number of carboxylic acid groups (broad SMARTS) is 1. The molecule has 0 spiro atoms. The molecule has 0 aliphatic rings. The molecular formula is C22H18F3NO4. The predicted octanol–water partition coefficient (Wildman–Crippen LogP) is 4.73. The summed E-state index contributed by atoms with van der Waals surface area (Å²) in [6.07, 6.45) is -1.21. The van der Waals surface area contributed by atoms with Gasteiger partial charge in [-0.15, -0.1) is 0 Å². The van der Waals surface area contributed by atoms with Crippen molar-refractivity contribution in [2.24, 2.45) is 0 Å². The first kappa shape index (κ1) is 21.2. The van der Waals surface area contributed by atoms with Crippen LogP contribution < -0.4 is 4.74 Å². The third kappa shape index (κ3) is 4.53. The maximum absolute atomic E-state index is 12.9. The summed E-state index contributed by atoms with van der Waals surface area (Å²) in [6, 6.07) is 9.93. The number of alkyl halides is 3. The normalized spacial score (nSPS) is 11.4. The fraction of sp³-hybridized carbons (Fsp3) is 0.182. The van der Waals surface area contributed by atoms with E-state index >= 15 is 0 Å². The summed E-state index contributed by atoms with van der Waals surface area (Å²) < 4.78 is 45.9. The van der Waals surface area contributed by atoms with Crippen LogP contribution in [0.4, 0.5) is 13.2 Å². The van der Waals surface area contributed by atoms with Gasteiger partial charge in [0.2, 0.25) is 0 Å². The topological polar surface area (TPSA) is 68.5 Å². The Morgan fingerprint density at radius 2 is 1.93 bits per heavy atom. The number of aryl methyl sites for hydroxylation is 2. The molecule has 30 heavy (non-hydrogen) atoms. The van der Waals surface area contributed by atoms with Gasteiger partial charge >= 0.3 is 12.1 Å². The molecule has 3 rings (SSSR count). The summed E-state index contributed by atoms with van der Waals surface area (Å²) in [4.78, 5) is 23.3. The summed E-state index contributed by atoms with van der Waals surface area (Å²) in [5, 5.41) is 9.52. The number of carbonyl (C=O) groups is 2. The van der Waals surface area contributed by atoms with Crippen molar-refractivity contribution in [1.82, 2.24) is 4.57 Å². The van der Waals surface area contributed by atoms with E-state index in [1.807, 2.05) is 0 Å². The lowest BCUT2D eigenvalue weighted by Crippen LogP contribution is -2.12. The highest BCUT2D eigenvalue weighted by molar-refractivity contribution is 6.42. The number of nitrogens with zero attached hydrogens (tertiary/aromatic N) is 1. The van der Waals surface area contributed by atoms with Gasteiger partial charge in [-0.3, -0.25) is 4.79 Å². The molecule has 0 radical (unpaired) electrons. The average molecular weight is 417 g/mol. The number of ether oxygens (including phenoxy) is 1. The first-order chi connectivity index (χ1) is 14.2. The van der Waals surface area contributed by atoms with Crippen LogP contribution in [0.15, 0.2) is 61.3 Å². The number of halogens is 3. The van der Waals surface area contributed by atoms with Crippen LogP contribution in [0.1, 0.15) is 21.5 Å². The van der Waals surface area contributed by atoms with E-state index in [4.69, 9.17) is 9.84 Å². The summed E-state index contributed by atoms with van der Waals surface area (Å²) >= 11 is 0. The lowest BCUT2D eigenvalue weighted by molar-refractivity contribution is -0.137. The molecule has 1 N–H and O–H groups in total. The Morgan fingerprint density at radius 1 is 1.17 bits per heavy atom. The molecule has 0 atom stereocenters. The van der Waals surface area contributed by atoms with Crippen molar-refractivity contribution in [3.63, 3.8) is 0 Å². The maximum Gasteiger partial charge on any atom is 0.416 e. The van der Waals surface area contributed by atoms with Gasteiger partial charge in [0.1, 0.15) is 12.4 Å². The monoisotopic (exact) mass is 417 g/mol. The molecule has 5 nitrogen and oxygen atoms in total. The molecule has 1 heterocycles. The number of aromatic nitrogens is 1. The fourth-order valence-electron chi connectivity index (χ4n) is 3.16. The SMILES string of the molecule is C=CCOc1ccc2c(c1)c(C(=O)C(=O)O)cn2CCc1cccc(C(F)(F)F)c1. The van der Waals surface area contributed by atoms with Crippen molar-refractivity contribution in [3.8, 4) is 5.75 Å². The van der Waals surface area contributed by atoms with E-state index in [0.29, 0.717) is 22.2 Å². The van der Waals surface area contributed by atoms with Gasteiger partial charge in [0, 0.05) is 23.6 Å². The van der Waals surface area contributed by atoms with E-state index in [9.17, 15) is 22.8 Å². The number of carbonyl (C=O) groups excluding carboxylic acids is 1. The number of aliphatic carboxylic acids is 1. The molecular weight excluding hydrogens is 399 g/mol. The number of ketones is 1. The molecule has 0 fully saturated rings. The van der Waals surface area contributed by atoms with Gasteiger partial charge < -0.3 is 14.4 Å². The van der Waals surface area contributed by atoms with Gasteiger partial charge in [0.25, 0.3) is 5.78 Å². The van der Waals surface area contributed by atoms with Gasteiger partial charge in [-0.2, -0.15) is 13.2 Å². The van der Waals surface area contributed by atoms with Crippen LogP contribution in [0.2, 0.25) is 0 Å². The second-order valence-electron chi connectivity index (χ2n) is 6.60. The molecule has 0 aliphatic carbocycles. The van der Waals surface area contributed by atoms with E-state index in [1.165, 1.54) is 12.3 Å². The molecule has 0 unspecified atom stereocenters. The Balaban J connectivity index is 1.94. The van der Waals surface area contributed by atoms with Crippen molar-refractivity contribution in [2.75, 3.05) is 6.61 Å². The van der Waals surface area contributed by atoms with Crippen molar-refractivity contribution in [1.29, 1.82) is 0 Å². The zero-order chi connectivity index (χ0) is 21.9.